The first-order chi connectivity index (χ1) is 8.35. The zero-order valence-corrected chi connectivity index (χ0v) is 12.9. The average Bonchev–Trinajstić information content (AvgIpc) is 2.36. The number of rotatable bonds is 12. The Balaban J connectivity index is 3.52. The molecular weight excluding hydrogens is 248 g/mol. The molecule has 0 aliphatic rings. The lowest BCUT2D eigenvalue weighted by Crippen LogP contribution is -1.87. The minimum absolute atomic E-state index is 0.920. The van der Waals surface area contributed by atoms with Crippen molar-refractivity contribution in [2.24, 2.45) is 0 Å². The average molecular weight is 274 g/mol. The number of carbonyl (C=O) groups is 1. The molecule has 0 fully saturated rings. The fourth-order valence-electron chi connectivity index (χ4n) is 1.36. The lowest BCUT2D eigenvalue weighted by Gasteiger charge is -2.01. The molecule has 0 aliphatic carbocycles. The van der Waals surface area contributed by atoms with Crippen LogP contribution in [0, 0.1) is 0 Å². The number of allylic oxidation sites excluding steroid dienone is 1. The van der Waals surface area contributed by atoms with Gasteiger partial charge in [0, 0.05) is 10.7 Å². The van der Waals surface area contributed by atoms with Crippen LogP contribution in [-0.4, -0.2) is 23.5 Å². The van der Waals surface area contributed by atoms with Gasteiger partial charge in [0.25, 0.3) is 0 Å². The maximum atomic E-state index is 10.8. The van der Waals surface area contributed by atoms with Crippen molar-refractivity contribution in [1.29, 1.82) is 0 Å². The Labute approximate surface area is 115 Å². The predicted molar refractivity (Wildman–Crippen MR) is 83.0 cm³/mol. The Bertz CT molecular complexity index is 202. The third kappa shape index (κ3) is 12.4. The topological polar surface area (TPSA) is 17.1 Å². The van der Waals surface area contributed by atoms with Gasteiger partial charge in [-0.25, -0.2) is 0 Å². The van der Waals surface area contributed by atoms with Gasteiger partial charge in [-0.3, -0.25) is 4.79 Å². The smallest absolute Gasteiger partial charge is 0.156 e. The number of thioether (sulfide) groups is 2. The summed E-state index contributed by atoms with van der Waals surface area (Å²) in [7, 11) is 0. The van der Waals surface area contributed by atoms with Gasteiger partial charge >= 0.3 is 0 Å². The quantitative estimate of drug-likeness (QED) is 0.286. The minimum Gasteiger partial charge on any atom is -0.297 e. The Hall–Kier alpha value is 0.110. The summed E-state index contributed by atoms with van der Waals surface area (Å²) in [6, 6.07) is 0. The standard InChI is InChI=1S/C14H26OS2/c1-3-5-7-10-16-12-9-14(13-15)17-11-8-6-4-2/h9,13H,3-8,10-12H2,1-2H3/b14-9+. The van der Waals surface area contributed by atoms with E-state index in [-0.39, 0.29) is 0 Å². The van der Waals surface area contributed by atoms with Gasteiger partial charge in [-0.2, -0.15) is 11.8 Å². The van der Waals surface area contributed by atoms with Crippen LogP contribution >= 0.6 is 23.5 Å². The molecule has 0 amide bonds. The highest BCUT2D eigenvalue weighted by Crippen LogP contribution is 2.17. The van der Waals surface area contributed by atoms with E-state index in [2.05, 4.69) is 19.9 Å². The van der Waals surface area contributed by atoms with Crippen LogP contribution in [-0.2, 0) is 4.79 Å². The molecule has 0 heterocycles. The molecule has 0 rings (SSSR count). The Morgan fingerprint density at radius 1 is 1.00 bits per heavy atom. The molecular formula is C14H26OS2. The van der Waals surface area contributed by atoms with Crippen LogP contribution in [0.1, 0.15) is 52.4 Å². The van der Waals surface area contributed by atoms with E-state index in [4.69, 9.17) is 0 Å². The zero-order valence-electron chi connectivity index (χ0n) is 11.2. The van der Waals surface area contributed by atoms with Gasteiger partial charge in [0.15, 0.2) is 6.29 Å². The van der Waals surface area contributed by atoms with E-state index in [1.807, 2.05) is 11.8 Å². The molecule has 0 aliphatic heterocycles. The molecule has 0 N–H and O–H groups in total. The van der Waals surface area contributed by atoms with E-state index in [1.54, 1.807) is 11.8 Å². The van der Waals surface area contributed by atoms with Crippen molar-refractivity contribution < 1.29 is 4.79 Å². The predicted octanol–water partition coefficient (Wildman–Crippen LogP) is 4.92. The van der Waals surface area contributed by atoms with Crippen LogP contribution in [0.5, 0.6) is 0 Å². The Morgan fingerprint density at radius 3 is 2.24 bits per heavy atom. The molecule has 0 radical (unpaired) electrons. The summed E-state index contributed by atoms with van der Waals surface area (Å²) in [5, 5.41) is 0. The van der Waals surface area contributed by atoms with E-state index in [1.165, 1.54) is 44.3 Å². The summed E-state index contributed by atoms with van der Waals surface area (Å²) in [6.07, 6.45) is 10.7. The highest BCUT2D eigenvalue weighted by atomic mass is 32.2. The second-order valence-corrected chi connectivity index (χ2v) is 6.38. The second-order valence-electron chi connectivity index (χ2n) is 4.06. The molecule has 0 spiro atoms. The molecule has 1 nitrogen and oxygen atoms in total. The molecule has 0 unspecified atom stereocenters. The monoisotopic (exact) mass is 274 g/mol. The summed E-state index contributed by atoms with van der Waals surface area (Å²) in [4.78, 5) is 11.8. The summed E-state index contributed by atoms with van der Waals surface area (Å²) >= 11 is 3.64. The van der Waals surface area contributed by atoms with Crippen LogP contribution in [0.15, 0.2) is 11.0 Å². The van der Waals surface area contributed by atoms with Crippen molar-refractivity contribution in [3.63, 3.8) is 0 Å². The fraction of sp³-hybridized carbons (Fsp3) is 0.786. The van der Waals surface area contributed by atoms with Crippen LogP contribution in [0.25, 0.3) is 0 Å². The van der Waals surface area contributed by atoms with Crippen molar-refractivity contribution in [3.8, 4) is 0 Å². The first-order valence-corrected chi connectivity index (χ1v) is 8.85. The second kappa shape index (κ2) is 14.2. The number of unbranched alkanes of at least 4 members (excludes halogenated alkanes) is 4. The third-order valence-corrected chi connectivity index (χ3v) is 4.50. The lowest BCUT2D eigenvalue weighted by molar-refractivity contribution is -0.104. The van der Waals surface area contributed by atoms with Gasteiger partial charge < -0.3 is 0 Å². The van der Waals surface area contributed by atoms with Crippen molar-refractivity contribution >= 4 is 29.8 Å². The van der Waals surface area contributed by atoms with E-state index in [0.29, 0.717) is 0 Å². The van der Waals surface area contributed by atoms with E-state index < -0.39 is 0 Å². The number of carbonyl (C=O) groups excluding carboxylic acids is 1. The van der Waals surface area contributed by atoms with Gasteiger partial charge in [-0.15, -0.1) is 11.8 Å². The molecule has 17 heavy (non-hydrogen) atoms. The van der Waals surface area contributed by atoms with Gasteiger partial charge in [0.1, 0.15) is 0 Å². The van der Waals surface area contributed by atoms with Crippen molar-refractivity contribution in [1.82, 2.24) is 0 Å². The highest BCUT2D eigenvalue weighted by molar-refractivity contribution is 8.04. The Kier molecular flexibility index (Phi) is 14.3. The maximum absolute atomic E-state index is 10.8. The van der Waals surface area contributed by atoms with Gasteiger partial charge in [-0.1, -0.05) is 45.6 Å². The summed E-state index contributed by atoms with van der Waals surface area (Å²) < 4.78 is 0. The molecule has 100 valence electrons. The summed E-state index contributed by atoms with van der Waals surface area (Å²) in [5.41, 5.74) is 0. The normalized spacial score (nSPS) is 11.8. The van der Waals surface area contributed by atoms with Gasteiger partial charge in [0.2, 0.25) is 0 Å². The van der Waals surface area contributed by atoms with Gasteiger partial charge in [-0.05, 0) is 24.3 Å². The van der Waals surface area contributed by atoms with Crippen molar-refractivity contribution in [2.75, 3.05) is 17.3 Å². The van der Waals surface area contributed by atoms with Crippen LogP contribution < -0.4 is 0 Å². The van der Waals surface area contributed by atoms with Gasteiger partial charge in [0.05, 0.1) is 0 Å². The minimum atomic E-state index is 0.920. The molecule has 0 aromatic carbocycles. The van der Waals surface area contributed by atoms with Crippen LogP contribution in [0.4, 0.5) is 0 Å². The highest BCUT2D eigenvalue weighted by Gasteiger charge is 1.96. The third-order valence-electron chi connectivity index (χ3n) is 2.43. The fourth-order valence-corrected chi connectivity index (χ4v) is 3.19. The Morgan fingerprint density at radius 2 is 1.65 bits per heavy atom. The summed E-state index contributed by atoms with van der Waals surface area (Å²) in [6.45, 7) is 4.43. The summed E-state index contributed by atoms with van der Waals surface area (Å²) in [5.74, 6) is 3.29. The first-order valence-electron chi connectivity index (χ1n) is 6.71. The zero-order chi connectivity index (χ0) is 12.8. The molecule has 0 saturated heterocycles. The largest absolute Gasteiger partial charge is 0.297 e. The molecule has 0 aromatic rings. The number of hydrogen-bond acceptors (Lipinski definition) is 3. The molecule has 0 aromatic heterocycles. The van der Waals surface area contributed by atoms with Crippen LogP contribution in [0.3, 0.4) is 0 Å². The van der Waals surface area contributed by atoms with E-state index in [9.17, 15) is 4.79 Å². The van der Waals surface area contributed by atoms with Crippen molar-refractivity contribution in [2.45, 2.75) is 52.4 Å². The van der Waals surface area contributed by atoms with Crippen LogP contribution in [0.2, 0.25) is 0 Å². The molecule has 3 heteroatoms. The number of aldehydes is 1. The molecule has 0 atom stereocenters. The van der Waals surface area contributed by atoms with E-state index in [0.717, 1.165) is 22.7 Å². The maximum Gasteiger partial charge on any atom is 0.156 e. The van der Waals surface area contributed by atoms with Crippen molar-refractivity contribution in [3.05, 3.63) is 11.0 Å². The number of hydrogen-bond donors (Lipinski definition) is 0. The first kappa shape index (κ1) is 17.1. The molecule has 0 saturated carbocycles. The van der Waals surface area contributed by atoms with E-state index >= 15 is 0 Å². The molecule has 0 bridgehead atoms. The lowest BCUT2D eigenvalue weighted by atomic mass is 10.3. The SMILES string of the molecule is CCCCCSC/C=C(\C=O)SCCCCC.